The van der Waals surface area contributed by atoms with Crippen LogP contribution in [0.15, 0.2) is 5.38 Å². The lowest BCUT2D eigenvalue weighted by molar-refractivity contribution is 0.0643. The fraction of sp³-hybridized carbons (Fsp3) is 0.786. The summed E-state index contributed by atoms with van der Waals surface area (Å²) in [5.41, 5.74) is 1.18. The van der Waals surface area contributed by atoms with E-state index in [0.717, 1.165) is 43.7 Å². The molecule has 0 radical (unpaired) electrons. The molecule has 1 aromatic rings. The van der Waals surface area contributed by atoms with E-state index in [2.05, 4.69) is 43.3 Å². The minimum Gasteiger partial charge on any atom is -0.377 e. The summed E-state index contributed by atoms with van der Waals surface area (Å²) in [6, 6.07) is 0. The Morgan fingerprint density at radius 1 is 1.53 bits per heavy atom. The van der Waals surface area contributed by atoms with Crippen LogP contribution in [0.5, 0.6) is 0 Å². The number of nitrogens with one attached hydrogen (secondary N) is 1. The number of hydrogen-bond donors (Lipinski definition) is 1. The lowest BCUT2D eigenvalue weighted by atomic mass is 10.0. The first-order valence-corrected chi connectivity index (χ1v) is 7.87. The van der Waals surface area contributed by atoms with Crippen molar-refractivity contribution >= 4 is 16.5 Å². The molecule has 0 aliphatic carbocycles. The normalized spacial score (nSPS) is 19.1. The standard InChI is InChI=1S/C14H25N3OS/c1-11(2)7-15-8-12-9-19-13(16-12)17-5-6-18-10-14(17,3)4/h9,11,15H,5-8,10H2,1-4H3. The quantitative estimate of drug-likeness (QED) is 0.901. The summed E-state index contributed by atoms with van der Waals surface area (Å²) in [6.45, 7) is 13.3. The van der Waals surface area contributed by atoms with Gasteiger partial charge in [0.05, 0.1) is 24.4 Å². The van der Waals surface area contributed by atoms with E-state index in [1.54, 1.807) is 11.3 Å². The fourth-order valence-corrected chi connectivity index (χ4v) is 3.22. The van der Waals surface area contributed by atoms with Crippen LogP contribution in [0.4, 0.5) is 5.13 Å². The third-order valence-corrected chi connectivity index (χ3v) is 4.19. The fourth-order valence-electron chi connectivity index (χ4n) is 2.20. The predicted molar refractivity (Wildman–Crippen MR) is 80.9 cm³/mol. The van der Waals surface area contributed by atoms with Crippen molar-refractivity contribution in [1.29, 1.82) is 0 Å². The van der Waals surface area contributed by atoms with E-state index in [-0.39, 0.29) is 5.54 Å². The Morgan fingerprint density at radius 2 is 2.32 bits per heavy atom. The monoisotopic (exact) mass is 283 g/mol. The number of morpholine rings is 1. The molecule has 0 saturated carbocycles. The zero-order valence-electron chi connectivity index (χ0n) is 12.4. The van der Waals surface area contributed by atoms with Crippen LogP contribution in [0.2, 0.25) is 0 Å². The first-order valence-electron chi connectivity index (χ1n) is 6.99. The largest absolute Gasteiger partial charge is 0.377 e. The van der Waals surface area contributed by atoms with Crippen LogP contribution < -0.4 is 10.2 Å². The lowest BCUT2D eigenvalue weighted by Crippen LogP contribution is -2.53. The Bertz CT molecular complexity index is 403. The highest BCUT2D eigenvalue weighted by molar-refractivity contribution is 7.13. The second-order valence-corrected chi connectivity index (χ2v) is 7.00. The van der Waals surface area contributed by atoms with Crippen LogP contribution in [0.3, 0.4) is 0 Å². The van der Waals surface area contributed by atoms with Crippen molar-refractivity contribution in [3.8, 4) is 0 Å². The van der Waals surface area contributed by atoms with Gasteiger partial charge in [-0.25, -0.2) is 4.98 Å². The number of rotatable bonds is 5. The van der Waals surface area contributed by atoms with Gasteiger partial charge in [-0.15, -0.1) is 11.3 Å². The van der Waals surface area contributed by atoms with Gasteiger partial charge in [-0.3, -0.25) is 0 Å². The lowest BCUT2D eigenvalue weighted by Gasteiger charge is -2.42. The number of aromatic nitrogens is 1. The molecule has 5 heteroatoms. The van der Waals surface area contributed by atoms with Crippen molar-refractivity contribution in [3.05, 3.63) is 11.1 Å². The summed E-state index contributed by atoms with van der Waals surface area (Å²) in [4.78, 5) is 7.12. The number of hydrogen-bond acceptors (Lipinski definition) is 5. The highest BCUT2D eigenvalue weighted by Crippen LogP contribution is 2.29. The molecular weight excluding hydrogens is 258 g/mol. The zero-order valence-corrected chi connectivity index (χ0v) is 13.2. The molecule has 1 saturated heterocycles. The van der Waals surface area contributed by atoms with Crippen LogP contribution in [-0.2, 0) is 11.3 Å². The van der Waals surface area contributed by atoms with Crippen LogP contribution in [0, 0.1) is 5.92 Å². The summed E-state index contributed by atoms with van der Waals surface area (Å²) in [7, 11) is 0. The average molecular weight is 283 g/mol. The van der Waals surface area contributed by atoms with E-state index in [9.17, 15) is 0 Å². The molecule has 0 spiro atoms. The summed E-state index contributed by atoms with van der Waals surface area (Å²) in [5.74, 6) is 0.677. The van der Waals surface area contributed by atoms with Gasteiger partial charge in [-0.2, -0.15) is 0 Å². The maximum Gasteiger partial charge on any atom is 0.186 e. The molecule has 1 N–H and O–H groups in total. The van der Waals surface area contributed by atoms with Crippen molar-refractivity contribution in [1.82, 2.24) is 10.3 Å². The summed E-state index contributed by atoms with van der Waals surface area (Å²) in [5, 5.41) is 6.72. The molecular formula is C14H25N3OS. The van der Waals surface area contributed by atoms with Crippen molar-refractivity contribution < 1.29 is 4.74 Å². The highest BCUT2D eigenvalue weighted by atomic mass is 32.1. The summed E-state index contributed by atoms with van der Waals surface area (Å²) in [6.07, 6.45) is 0. The van der Waals surface area contributed by atoms with Crippen LogP contribution in [0.1, 0.15) is 33.4 Å². The van der Waals surface area contributed by atoms with Crippen molar-refractivity contribution in [3.63, 3.8) is 0 Å². The molecule has 0 atom stereocenters. The molecule has 1 aliphatic heterocycles. The first-order chi connectivity index (χ1) is 8.99. The molecule has 1 fully saturated rings. The van der Waals surface area contributed by atoms with Gasteiger partial charge >= 0.3 is 0 Å². The molecule has 2 rings (SSSR count). The molecule has 1 aromatic heterocycles. The maximum absolute atomic E-state index is 5.56. The Balaban J connectivity index is 1.96. The molecule has 0 aromatic carbocycles. The Kier molecular flexibility index (Phi) is 4.81. The van der Waals surface area contributed by atoms with Crippen LogP contribution >= 0.6 is 11.3 Å². The minimum atomic E-state index is 0.0404. The van der Waals surface area contributed by atoms with Crippen LogP contribution in [-0.4, -0.2) is 36.8 Å². The average Bonchev–Trinajstić information content (AvgIpc) is 2.76. The number of nitrogens with zero attached hydrogens (tertiary/aromatic N) is 2. The second-order valence-electron chi connectivity index (χ2n) is 6.16. The van der Waals surface area contributed by atoms with E-state index in [1.807, 2.05) is 0 Å². The molecule has 1 aliphatic rings. The highest BCUT2D eigenvalue weighted by Gasteiger charge is 2.32. The minimum absolute atomic E-state index is 0.0404. The van der Waals surface area contributed by atoms with Gasteiger partial charge in [-0.1, -0.05) is 13.8 Å². The van der Waals surface area contributed by atoms with E-state index >= 15 is 0 Å². The zero-order chi connectivity index (χ0) is 13.9. The SMILES string of the molecule is CC(C)CNCc1csc(N2CCOCC2(C)C)n1. The number of anilines is 1. The van der Waals surface area contributed by atoms with Crippen LogP contribution in [0.25, 0.3) is 0 Å². The van der Waals surface area contributed by atoms with E-state index in [4.69, 9.17) is 9.72 Å². The summed E-state index contributed by atoms with van der Waals surface area (Å²) >= 11 is 1.74. The van der Waals surface area contributed by atoms with Gasteiger partial charge < -0.3 is 15.0 Å². The molecule has 19 heavy (non-hydrogen) atoms. The van der Waals surface area contributed by atoms with Gasteiger partial charge in [0.1, 0.15) is 0 Å². The van der Waals surface area contributed by atoms with E-state index in [1.165, 1.54) is 0 Å². The van der Waals surface area contributed by atoms with Gasteiger partial charge in [-0.05, 0) is 26.3 Å². The molecule has 2 heterocycles. The first kappa shape index (κ1) is 14.8. The predicted octanol–water partition coefficient (Wildman–Crippen LogP) is 2.50. The van der Waals surface area contributed by atoms with Crippen molar-refractivity contribution in [2.45, 2.75) is 39.8 Å². The topological polar surface area (TPSA) is 37.4 Å². The molecule has 4 nitrogen and oxygen atoms in total. The number of ether oxygens (including phenoxy) is 1. The Labute approximate surface area is 120 Å². The van der Waals surface area contributed by atoms with E-state index in [0.29, 0.717) is 5.92 Å². The molecule has 0 amide bonds. The summed E-state index contributed by atoms with van der Waals surface area (Å²) < 4.78 is 5.56. The third kappa shape index (κ3) is 3.91. The van der Waals surface area contributed by atoms with Gasteiger partial charge in [0.2, 0.25) is 0 Å². The van der Waals surface area contributed by atoms with Crippen molar-refractivity contribution in [2.24, 2.45) is 5.92 Å². The van der Waals surface area contributed by atoms with Gasteiger partial charge in [0.15, 0.2) is 5.13 Å². The van der Waals surface area contributed by atoms with Gasteiger partial charge in [0.25, 0.3) is 0 Å². The second kappa shape index (κ2) is 6.20. The Morgan fingerprint density at radius 3 is 3.00 bits per heavy atom. The maximum atomic E-state index is 5.56. The van der Waals surface area contributed by atoms with Crippen molar-refractivity contribution in [2.75, 3.05) is 31.2 Å². The number of thiazole rings is 1. The third-order valence-electron chi connectivity index (χ3n) is 3.27. The Hall–Kier alpha value is -0.650. The van der Waals surface area contributed by atoms with Gasteiger partial charge in [0, 0.05) is 18.5 Å². The smallest absolute Gasteiger partial charge is 0.186 e. The molecule has 0 bridgehead atoms. The molecule has 0 unspecified atom stereocenters. The van der Waals surface area contributed by atoms with E-state index < -0.39 is 0 Å². The molecule has 108 valence electrons.